The normalized spacial score (nSPS) is 21.4. The van der Waals surface area contributed by atoms with Crippen LogP contribution in [0.25, 0.3) is 0 Å². The van der Waals surface area contributed by atoms with Gasteiger partial charge in [-0.3, -0.25) is 4.79 Å². The topological polar surface area (TPSA) is 37.3 Å². The van der Waals surface area contributed by atoms with Gasteiger partial charge in [0.2, 0.25) is 0 Å². The molecule has 2 aromatic rings. The molecule has 0 bridgehead atoms. The smallest absolute Gasteiger partial charge is 0.193 e. The zero-order valence-corrected chi connectivity index (χ0v) is 10.5. The number of benzene rings is 2. The van der Waals surface area contributed by atoms with E-state index < -0.39 is 5.60 Å². The highest BCUT2D eigenvalue weighted by molar-refractivity contribution is 6.31. The van der Waals surface area contributed by atoms with Crippen LogP contribution in [0.2, 0.25) is 5.02 Å². The fourth-order valence-corrected chi connectivity index (χ4v) is 2.70. The van der Waals surface area contributed by atoms with Crippen molar-refractivity contribution in [2.45, 2.75) is 12.5 Å². The summed E-state index contributed by atoms with van der Waals surface area (Å²) in [5, 5.41) is 11.2. The third-order valence-electron chi connectivity index (χ3n) is 3.45. The van der Waals surface area contributed by atoms with E-state index in [-0.39, 0.29) is 5.78 Å². The number of carbonyl (C=O) groups excluding carboxylic acids is 1. The lowest BCUT2D eigenvalue weighted by atomic mass is 9.75. The fourth-order valence-electron chi connectivity index (χ4n) is 2.52. The van der Waals surface area contributed by atoms with Gasteiger partial charge in [-0.2, -0.15) is 0 Å². The molecule has 0 aromatic heterocycles. The van der Waals surface area contributed by atoms with Crippen molar-refractivity contribution in [3.8, 4) is 0 Å². The quantitative estimate of drug-likeness (QED) is 0.788. The van der Waals surface area contributed by atoms with Gasteiger partial charge in [-0.05, 0) is 30.2 Å². The summed E-state index contributed by atoms with van der Waals surface area (Å²) in [6.45, 7) is 1.70. The van der Waals surface area contributed by atoms with E-state index in [4.69, 9.17) is 11.6 Å². The Morgan fingerprint density at radius 3 is 2.50 bits per heavy atom. The molecule has 1 aliphatic rings. The molecule has 1 aliphatic carbocycles. The first-order chi connectivity index (χ1) is 8.51. The summed E-state index contributed by atoms with van der Waals surface area (Å²) in [4.78, 5) is 12.4. The number of carbonyl (C=O) groups is 1. The number of hydrogen-bond acceptors (Lipinski definition) is 2. The minimum Gasteiger partial charge on any atom is -0.381 e. The number of ketones is 1. The molecule has 0 amide bonds. The number of aliphatic hydroxyl groups is 1. The molecule has 1 N–H and O–H groups in total. The number of rotatable bonds is 0. The van der Waals surface area contributed by atoms with E-state index >= 15 is 0 Å². The summed E-state index contributed by atoms with van der Waals surface area (Å²) < 4.78 is 0. The van der Waals surface area contributed by atoms with Crippen molar-refractivity contribution >= 4 is 17.4 Å². The maximum absolute atomic E-state index is 12.4. The van der Waals surface area contributed by atoms with Gasteiger partial charge in [0.25, 0.3) is 0 Å². The van der Waals surface area contributed by atoms with Gasteiger partial charge in [0, 0.05) is 16.1 Å². The van der Waals surface area contributed by atoms with Crippen LogP contribution < -0.4 is 0 Å². The van der Waals surface area contributed by atoms with Gasteiger partial charge in [-0.25, -0.2) is 0 Å². The van der Waals surface area contributed by atoms with E-state index in [1.807, 2.05) is 6.07 Å². The Kier molecular flexibility index (Phi) is 2.34. The number of hydrogen-bond donors (Lipinski definition) is 1. The van der Waals surface area contributed by atoms with Crippen LogP contribution in [0.3, 0.4) is 0 Å². The van der Waals surface area contributed by atoms with Gasteiger partial charge >= 0.3 is 0 Å². The molecule has 3 heteroatoms. The van der Waals surface area contributed by atoms with E-state index in [0.717, 1.165) is 0 Å². The Balaban J connectivity index is 2.37. The zero-order chi connectivity index (χ0) is 12.9. The zero-order valence-electron chi connectivity index (χ0n) is 9.77. The van der Waals surface area contributed by atoms with Crippen molar-refractivity contribution in [2.75, 3.05) is 0 Å². The lowest BCUT2D eigenvalue weighted by Crippen LogP contribution is -2.32. The molecule has 0 aliphatic heterocycles. The van der Waals surface area contributed by atoms with Crippen molar-refractivity contribution in [2.24, 2.45) is 0 Å². The fraction of sp³-hybridized carbons (Fsp3) is 0.133. The van der Waals surface area contributed by atoms with Crippen molar-refractivity contribution < 1.29 is 9.90 Å². The molecule has 3 rings (SSSR count). The predicted octanol–water partition coefficient (Wildman–Crippen LogP) is 3.14. The van der Waals surface area contributed by atoms with Crippen molar-refractivity contribution in [3.05, 3.63) is 69.7 Å². The van der Waals surface area contributed by atoms with E-state index in [1.165, 1.54) is 0 Å². The van der Waals surface area contributed by atoms with Crippen molar-refractivity contribution in [1.82, 2.24) is 0 Å². The third kappa shape index (κ3) is 1.43. The van der Waals surface area contributed by atoms with Crippen LogP contribution in [0, 0.1) is 0 Å². The molecule has 1 unspecified atom stereocenters. The molecular weight excluding hydrogens is 248 g/mol. The molecule has 0 spiro atoms. The summed E-state index contributed by atoms with van der Waals surface area (Å²) in [6, 6.07) is 12.1. The first-order valence-electron chi connectivity index (χ1n) is 5.68. The Morgan fingerprint density at radius 1 is 1.06 bits per heavy atom. The van der Waals surface area contributed by atoms with Crippen LogP contribution in [-0.4, -0.2) is 10.9 Å². The maximum Gasteiger partial charge on any atom is 0.193 e. The Hall–Kier alpha value is -1.64. The monoisotopic (exact) mass is 258 g/mol. The molecule has 0 fully saturated rings. The average molecular weight is 259 g/mol. The van der Waals surface area contributed by atoms with Crippen LogP contribution in [0.5, 0.6) is 0 Å². The van der Waals surface area contributed by atoms with Crippen LogP contribution >= 0.6 is 11.6 Å². The highest BCUT2D eigenvalue weighted by Crippen LogP contribution is 2.40. The second-order valence-corrected chi connectivity index (χ2v) is 5.07. The van der Waals surface area contributed by atoms with E-state index in [2.05, 4.69) is 0 Å². The predicted molar refractivity (Wildman–Crippen MR) is 70.0 cm³/mol. The van der Waals surface area contributed by atoms with E-state index in [1.54, 1.807) is 43.3 Å². The average Bonchev–Trinajstić information content (AvgIpc) is 2.36. The molecule has 90 valence electrons. The molecule has 0 radical (unpaired) electrons. The lowest BCUT2D eigenvalue weighted by molar-refractivity contribution is 0.0863. The molecule has 0 saturated heterocycles. The van der Waals surface area contributed by atoms with Crippen LogP contribution in [0.15, 0.2) is 42.5 Å². The molecule has 2 aromatic carbocycles. The highest BCUT2D eigenvalue weighted by atomic mass is 35.5. The molecule has 2 nitrogen and oxygen atoms in total. The lowest BCUT2D eigenvalue weighted by Gasteiger charge is -2.32. The Bertz CT molecular complexity index is 659. The number of halogens is 1. The molecular formula is C15H11ClO2. The molecule has 18 heavy (non-hydrogen) atoms. The summed E-state index contributed by atoms with van der Waals surface area (Å²) in [5.41, 5.74) is 1.11. The summed E-state index contributed by atoms with van der Waals surface area (Å²) >= 11 is 5.93. The van der Waals surface area contributed by atoms with Gasteiger partial charge in [-0.1, -0.05) is 41.9 Å². The van der Waals surface area contributed by atoms with Gasteiger partial charge in [-0.15, -0.1) is 0 Å². The second-order valence-electron chi connectivity index (χ2n) is 4.64. The summed E-state index contributed by atoms with van der Waals surface area (Å²) in [7, 11) is 0. The van der Waals surface area contributed by atoms with Gasteiger partial charge < -0.3 is 5.11 Å². The second kappa shape index (κ2) is 3.67. The minimum absolute atomic E-state index is 0.0883. The van der Waals surface area contributed by atoms with Gasteiger partial charge in [0.05, 0.1) is 0 Å². The van der Waals surface area contributed by atoms with Gasteiger partial charge in [0.1, 0.15) is 5.60 Å². The Morgan fingerprint density at radius 2 is 1.72 bits per heavy atom. The van der Waals surface area contributed by atoms with Crippen LogP contribution in [0.1, 0.15) is 34.0 Å². The highest BCUT2D eigenvalue weighted by Gasteiger charge is 2.38. The molecule has 1 atom stereocenters. The van der Waals surface area contributed by atoms with Crippen LogP contribution in [-0.2, 0) is 5.60 Å². The molecule has 0 heterocycles. The van der Waals surface area contributed by atoms with E-state index in [0.29, 0.717) is 27.3 Å². The van der Waals surface area contributed by atoms with Gasteiger partial charge in [0.15, 0.2) is 5.78 Å². The summed E-state index contributed by atoms with van der Waals surface area (Å²) in [5.74, 6) is -0.0883. The van der Waals surface area contributed by atoms with Crippen molar-refractivity contribution in [1.29, 1.82) is 0 Å². The largest absolute Gasteiger partial charge is 0.381 e. The Labute approximate surface area is 110 Å². The standard InChI is InChI=1S/C15H11ClO2/c1-15(18)12-5-3-2-4-10(12)14(17)11-8-9(16)6-7-13(11)15/h2-8,18H,1H3. The first-order valence-corrected chi connectivity index (χ1v) is 6.06. The van der Waals surface area contributed by atoms with Crippen LogP contribution in [0.4, 0.5) is 0 Å². The third-order valence-corrected chi connectivity index (χ3v) is 3.68. The summed E-state index contributed by atoms with van der Waals surface area (Å²) in [6.07, 6.45) is 0. The number of fused-ring (bicyclic) bond motifs is 2. The van der Waals surface area contributed by atoms with Crippen molar-refractivity contribution in [3.63, 3.8) is 0 Å². The van der Waals surface area contributed by atoms with E-state index in [9.17, 15) is 9.90 Å². The SMILES string of the molecule is CC1(O)c2ccccc2C(=O)c2cc(Cl)ccc21. The minimum atomic E-state index is -1.16. The first kappa shape index (κ1) is 11.5. The molecule has 0 saturated carbocycles. The maximum atomic E-state index is 12.4.